The summed E-state index contributed by atoms with van der Waals surface area (Å²) in [5.41, 5.74) is 1.12. The molecule has 1 aromatic heterocycles. The predicted octanol–water partition coefficient (Wildman–Crippen LogP) is 1.85. The first kappa shape index (κ1) is 16.2. The Morgan fingerprint density at radius 2 is 2.04 bits per heavy atom. The fourth-order valence-corrected chi connectivity index (χ4v) is 3.60. The van der Waals surface area contributed by atoms with E-state index < -0.39 is 0 Å². The van der Waals surface area contributed by atoms with Gasteiger partial charge in [0.2, 0.25) is 5.91 Å². The summed E-state index contributed by atoms with van der Waals surface area (Å²) in [4.78, 5) is 24.7. The Morgan fingerprint density at radius 1 is 1.22 bits per heavy atom. The zero-order valence-corrected chi connectivity index (χ0v) is 13.9. The Kier molecular flexibility index (Phi) is 5.43. The third-order valence-corrected chi connectivity index (χ3v) is 4.90. The molecule has 1 atom stereocenters. The highest BCUT2D eigenvalue weighted by atomic mass is 16.5. The van der Waals surface area contributed by atoms with E-state index in [1.165, 1.54) is 19.3 Å². The highest BCUT2D eigenvalue weighted by Crippen LogP contribution is 2.23. The van der Waals surface area contributed by atoms with E-state index in [9.17, 15) is 4.79 Å². The molecule has 6 nitrogen and oxygen atoms in total. The highest BCUT2D eigenvalue weighted by Gasteiger charge is 2.25. The van der Waals surface area contributed by atoms with Crippen LogP contribution in [0.4, 0.5) is 0 Å². The molecule has 6 heteroatoms. The van der Waals surface area contributed by atoms with Crippen molar-refractivity contribution in [3.05, 3.63) is 18.0 Å². The molecule has 3 heterocycles. The van der Waals surface area contributed by atoms with Gasteiger partial charge in [0.25, 0.3) is 0 Å². The Morgan fingerprint density at radius 3 is 2.74 bits per heavy atom. The van der Waals surface area contributed by atoms with E-state index in [2.05, 4.69) is 14.9 Å². The van der Waals surface area contributed by atoms with E-state index in [-0.39, 0.29) is 0 Å². The normalized spacial score (nSPS) is 22.6. The van der Waals surface area contributed by atoms with Gasteiger partial charge in [-0.25, -0.2) is 9.97 Å². The van der Waals surface area contributed by atoms with Crippen molar-refractivity contribution < 1.29 is 9.53 Å². The lowest BCUT2D eigenvalue weighted by Gasteiger charge is -2.36. The molecule has 3 rings (SSSR count). The Balaban J connectivity index is 1.55. The smallest absolute Gasteiger partial charge is 0.316 e. The van der Waals surface area contributed by atoms with E-state index in [1.807, 2.05) is 17.3 Å². The lowest BCUT2D eigenvalue weighted by Crippen LogP contribution is -2.41. The summed E-state index contributed by atoms with van der Waals surface area (Å²) in [7, 11) is 1.58. The Labute approximate surface area is 137 Å². The molecule has 23 heavy (non-hydrogen) atoms. The number of piperidine rings is 1. The fourth-order valence-electron chi connectivity index (χ4n) is 3.60. The van der Waals surface area contributed by atoms with Crippen molar-refractivity contribution in [3.8, 4) is 6.01 Å². The minimum Gasteiger partial charge on any atom is -0.467 e. The van der Waals surface area contributed by atoms with E-state index in [4.69, 9.17) is 4.74 Å². The van der Waals surface area contributed by atoms with Gasteiger partial charge < -0.3 is 9.64 Å². The SMILES string of the molecule is COc1ncc(CN2CCCCC2CCN2CCCC2=O)cn1. The number of carbonyl (C=O) groups excluding carboxylic acids is 1. The number of amides is 1. The number of methoxy groups -OCH3 is 1. The summed E-state index contributed by atoms with van der Waals surface area (Å²) < 4.78 is 5.01. The van der Waals surface area contributed by atoms with Gasteiger partial charge in [-0.1, -0.05) is 6.42 Å². The number of likely N-dealkylation sites (tertiary alicyclic amines) is 2. The summed E-state index contributed by atoms with van der Waals surface area (Å²) in [6.45, 7) is 3.84. The van der Waals surface area contributed by atoms with Crippen LogP contribution in [-0.4, -0.2) is 58.5 Å². The molecular formula is C17H26N4O2. The van der Waals surface area contributed by atoms with Crippen molar-refractivity contribution in [1.29, 1.82) is 0 Å². The number of carbonyl (C=O) groups is 1. The molecule has 0 radical (unpaired) electrons. The molecular weight excluding hydrogens is 292 g/mol. The summed E-state index contributed by atoms with van der Waals surface area (Å²) in [6, 6.07) is 0.968. The van der Waals surface area contributed by atoms with Crippen molar-refractivity contribution in [1.82, 2.24) is 19.8 Å². The molecule has 2 aliphatic heterocycles. The van der Waals surface area contributed by atoms with Crippen LogP contribution in [0.3, 0.4) is 0 Å². The maximum Gasteiger partial charge on any atom is 0.316 e. The lowest BCUT2D eigenvalue weighted by atomic mass is 9.98. The molecule has 2 fully saturated rings. The first-order valence-corrected chi connectivity index (χ1v) is 8.63. The standard InChI is InChI=1S/C17H26N4O2/c1-23-17-18-11-14(12-19-17)13-21-8-3-2-5-15(21)7-10-20-9-4-6-16(20)22/h11-12,15H,2-10,13H2,1H3. The molecule has 0 bridgehead atoms. The van der Waals surface area contributed by atoms with Gasteiger partial charge in [-0.15, -0.1) is 0 Å². The van der Waals surface area contributed by atoms with Crippen LogP contribution in [-0.2, 0) is 11.3 Å². The number of aromatic nitrogens is 2. The Hall–Kier alpha value is -1.69. The number of ether oxygens (including phenoxy) is 1. The summed E-state index contributed by atoms with van der Waals surface area (Å²) in [5, 5.41) is 0. The summed E-state index contributed by atoms with van der Waals surface area (Å²) in [5.74, 6) is 0.330. The quantitative estimate of drug-likeness (QED) is 0.801. The summed E-state index contributed by atoms with van der Waals surface area (Å²) in [6.07, 6.45) is 10.3. The largest absolute Gasteiger partial charge is 0.467 e. The molecule has 0 N–H and O–H groups in total. The molecule has 1 aromatic rings. The second-order valence-electron chi connectivity index (χ2n) is 6.47. The second-order valence-corrected chi connectivity index (χ2v) is 6.47. The maximum absolute atomic E-state index is 11.8. The van der Waals surface area contributed by atoms with Crippen LogP contribution < -0.4 is 4.74 Å². The van der Waals surface area contributed by atoms with Crippen LogP contribution >= 0.6 is 0 Å². The molecule has 1 unspecified atom stereocenters. The molecule has 1 amide bonds. The van der Waals surface area contributed by atoms with Crippen LogP contribution in [0.1, 0.15) is 44.1 Å². The average Bonchev–Trinajstić information content (AvgIpc) is 3.00. The molecule has 0 spiro atoms. The minimum atomic E-state index is 0.330. The number of nitrogens with zero attached hydrogens (tertiary/aromatic N) is 4. The van der Waals surface area contributed by atoms with Crippen LogP contribution in [0.5, 0.6) is 6.01 Å². The van der Waals surface area contributed by atoms with Gasteiger partial charge in [0.1, 0.15) is 0 Å². The van der Waals surface area contributed by atoms with Gasteiger partial charge in [0.15, 0.2) is 0 Å². The molecule has 2 aliphatic rings. The van der Waals surface area contributed by atoms with Crippen molar-refractivity contribution >= 4 is 5.91 Å². The van der Waals surface area contributed by atoms with Gasteiger partial charge in [-0.3, -0.25) is 9.69 Å². The van der Waals surface area contributed by atoms with Crippen molar-refractivity contribution in [3.63, 3.8) is 0 Å². The van der Waals surface area contributed by atoms with Crippen LogP contribution in [0, 0.1) is 0 Å². The van der Waals surface area contributed by atoms with Gasteiger partial charge in [-0.2, -0.15) is 0 Å². The maximum atomic E-state index is 11.8. The number of rotatable bonds is 6. The van der Waals surface area contributed by atoms with Gasteiger partial charge in [-0.05, 0) is 32.2 Å². The third-order valence-electron chi connectivity index (χ3n) is 4.90. The zero-order valence-electron chi connectivity index (χ0n) is 13.9. The zero-order chi connectivity index (χ0) is 16.1. The molecule has 2 saturated heterocycles. The molecule has 0 aromatic carbocycles. The van der Waals surface area contributed by atoms with Crippen molar-refractivity contribution in [2.45, 2.75) is 51.1 Å². The lowest BCUT2D eigenvalue weighted by molar-refractivity contribution is -0.127. The van der Waals surface area contributed by atoms with E-state index >= 15 is 0 Å². The molecule has 126 valence electrons. The van der Waals surface area contributed by atoms with E-state index in [0.717, 1.165) is 51.0 Å². The van der Waals surface area contributed by atoms with Crippen LogP contribution in [0.2, 0.25) is 0 Å². The first-order valence-electron chi connectivity index (χ1n) is 8.63. The topological polar surface area (TPSA) is 58.6 Å². The molecule has 0 aliphatic carbocycles. The number of hydrogen-bond acceptors (Lipinski definition) is 5. The van der Waals surface area contributed by atoms with Crippen molar-refractivity contribution in [2.24, 2.45) is 0 Å². The number of hydrogen-bond donors (Lipinski definition) is 0. The Bertz CT molecular complexity index is 520. The third kappa shape index (κ3) is 4.19. The van der Waals surface area contributed by atoms with E-state index in [0.29, 0.717) is 18.0 Å². The van der Waals surface area contributed by atoms with Crippen molar-refractivity contribution in [2.75, 3.05) is 26.7 Å². The average molecular weight is 318 g/mol. The van der Waals surface area contributed by atoms with Gasteiger partial charge in [0.05, 0.1) is 7.11 Å². The van der Waals surface area contributed by atoms with Gasteiger partial charge >= 0.3 is 6.01 Å². The second kappa shape index (κ2) is 7.73. The van der Waals surface area contributed by atoms with Crippen LogP contribution in [0.25, 0.3) is 0 Å². The monoisotopic (exact) mass is 318 g/mol. The predicted molar refractivity (Wildman–Crippen MR) is 87.1 cm³/mol. The summed E-state index contributed by atoms with van der Waals surface area (Å²) >= 11 is 0. The first-order chi connectivity index (χ1) is 11.3. The molecule has 0 saturated carbocycles. The fraction of sp³-hybridized carbons (Fsp3) is 0.706. The van der Waals surface area contributed by atoms with Crippen LogP contribution in [0.15, 0.2) is 12.4 Å². The van der Waals surface area contributed by atoms with Gasteiger partial charge in [0, 0.05) is 50.1 Å². The highest BCUT2D eigenvalue weighted by molar-refractivity contribution is 5.77. The van der Waals surface area contributed by atoms with E-state index in [1.54, 1.807) is 7.11 Å². The minimum absolute atomic E-state index is 0.330.